The Hall–Kier alpha value is -0.710. The molecule has 0 radical (unpaired) electrons. The lowest BCUT2D eigenvalue weighted by Gasteiger charge is -1.93. The quantitative estimate of drug-likeness (QED) is 0.888. The lowest BCUT2D eigenvalue weighted by atomic mass is 10.2. The number of hydrogen-bond donors (Lipinski definition) is 1. The maximum atomic E-state index is 4.61. The molecule has 0 spiro atoms. The van der Waals surface area contributed by atoms with Crippen LogP contribution in [0.4, 0.5) is 0 Å². The van der Waals surface area contributed by atoms with Crippen molar-refractivity contribution in [2.45, 2.75) is 20.4 Å². The van der Waals surface area contributed by atoms with Gasteiger partial charge >= 0.3 is 0 Å². The number of aromatic nitrogens is 1. The van der Waals surface area contributed by atoms with Crippen LogP contribution in [0.3, 0.4) is 0 Å². The summed E-state index contributed by atoms with van der Waals surface area (Å²) in [6, 6.07) is 2.22. The van der Waals surface area contributed by atoms with Gasteiger partial charge in [-0.25, -0.2) is 4.98 Å². The number of nitrogens with zero attached hydrogens (tertiary/aromatic N) is 1. The van der Waals surface area contributed by atoms with E-state index in [1.54, 1.807) is 11.3 Å². The average molecular weight is 238 g/mol. The fourth-order valence-electron chi connectivity index (χ4n) is 1.55. The number of aryl methyl sites for hydroxylation is 2. The fraction of sp³-hybridized carbons (Fsp3) is 0.364. The van der Waals surface area contributed by atoms with Crippen molar-refractivity contribution in [3.05, 3.63) is 26.2 Å². The van der Waals surface area contributed by atoms with Gasteiger partial charge in [0.15, 0.2) is 0 Å². The number of hydrogen-bond acceptors (Lipinski definition) is 4. The van der Waals surface area contributed by atoms with Crippen molar-refractivity contribution in [1.82, 2.24) is 10.3 Å². The van der Waals surface area contributed by atoms with Gasteiger partial charge in [0.25, 0.3) is 0 Å². The molecule has 2 nitrogen and oxygen atoms in total. The maximum absolute atomic E-state index is 4.61. The molecule has 0 bridgehead atoms. The Labute approximate surface area is 98.0 Å². The van der Waals surface area contributed by atoms with Crippen molar-refractivity contribution in [1.29, 1.82) is 0 Å². The molecule has 0 aliphatic rings. The first-order valence-corrected chi connectivity index (χ1v) is 6.56. The first-order chi connectivity index (χ1) is 7.20. The Morgan fingerprint density at radius 3 is 2.80 bits per heavy atom. The molecule has 4 heteroatoms. The van der Waals surface area contributed by atoms with Gasteiger partial charge in [0.05, 0.1) is 5.69 Å². The molecule has 15 heavy (non-hydrogen) atoms. The summed E-state index contributed by atoms with van der Waals surface area (Å²) in [7, 11) is 1.95. The predicted octanol–water partition coefficient (Wildman–Crippen LogP) is 3.21. The van der Waals surface area contributed by atoms with Crippen LogP contribution in [-0.2, 0) is 6.54 Å². The van der Waals surface area contributed by atoms with Gasteiger partial charge < -0.3 is 5.32 Å². The molecule has 0 aromatic carbocycles. The number of rotatable bonds is 3. The van der Waals surface area contributed by atoms with Crippen LogP contribution in [0.25, 0.3) is 11.3 Å². The van der Waals surface area contributed by atoms with Gasteiger partial charge in [-0.2, -0.15) is 0 Å². The van der Waals surface area contributed by atoms with E-state index in [9.17, 15) is 0 Å². The summed E-state index contributed by atoms with van der Waals surface area (Å²) in [6.45, 7) is 5.15. The second-order valence-corrected chi connectivity index (χ2v) is 5.89. The highest BCUT2D eigenvalue weighted by Crippen LogP contribution is 2.31. The van der Waals surface area contributed by atoms with Gasteiger partial charge in [0, 0.05) is 27.2 Å². The summed E-state index contributed by atoms with van der Waals surface area (Å²) in [4.78, 5) is 7.31. The van der Waals surface area contributed by atoms with Crippen molar-refractivity contribution in [3.63, 3.8) is 0 Å². The molecule has 0 amide bonds. The standard InChI is InChI=1S/C11H14N2S2/c1-7-4-9(8(2)15-7)10-6-14-11(13-10)5-12-3/h4,6,12H,5H2,1-3H3. The first kappa shape index (κ1) is 10.8. The molecule has 0 saturated heterocycles. The summed E-state index contributed by atoms with van der Waals surface area (Å²) in [5.41, 5.74) is 2.41. The van der Waals surface area contributed by atoms with Crippen molar-refractivity contribution in [2.24, 2.45) is 0 Å². The monoisotopic (exact) mass is 238 g/mol. The second kappa shape index (κ2) is 4.43. The van der Waals surface area contributed by atoms with E-state index in [1.807, 2.05) is 18.4 Å². The molecular formula is C11H14N2S2. The van der Waals surface area contributed by atoms with Gasteiger partial charge in [0.1, 0.15) is 5.01 Å². The highest BCUT2D eigenvalue weighted by molar-refractivity contribution is 7.12. The summed E-state index contributed by atoms with van der Waals surface area (Å²) in [5, 5.41) is 6.41. The highest BCUT2D eigenvalue weighted by atomic mass is 32.1. The van der Waals surface area contributed by atoms with Crippen LogP contribution < -0.4 is 5.32 Å². The minimum Gasteiger partial charge on any atom is -0.314 e. The Morgan fingerprint density at radius 2 is 2.20 bits per heavy atom. The fourth-order valence-corrected chi connectivity index (χ4v) is 3.29. The molecule has 0 saturated carbocycles. The van der Waals surface area contributed by atoms with Crippen molar-refractivity contribution >= 4 is 22.7 Å². The molecule has 2 aromatic rings. The molecule has 0 atom stereocenters. The summed E-state index contributed by atoms with van der Waals surface area (Å²) >= 11 is 3.55. The molecule has 80 valence electrons. The third kappa shape index (κ3) is 2.27. The molecule has 1 N–H and O–H groups in total. The Morgan fingerprint density at radius 1 is 1.40 bits per heavy atom. The molecule has 2 aromatic heterocycles. The molecular weight excluding hydrogens is 224 g/mol. The molecule has 2 rings (SSSR count). The van der Waals surface area contributed by atoms with E-state index in [4.69, 9.17) is 0 Å². The predicted molar refractivity (Wildman–Crippen MR) is 67.7 cm³/mol. The molecule has 0 unspecified atom stereocenters. The average Bonchev–Trinajstić information content (AvgIpc) is 2.73. The van der Waals surface area contributed by atoms with Gasteiger partial charge in [-0.05, 0) is 27.0 Å². The zero-order valence-corrected chi connectivity index (χ0v) is 10.8. The van der Waals surface area contributed by atoms with Crippen LogP contribution in [0.1, 0.15) is 14.8 Å². The van der Waals surface area contributed by atoms with E-state index in [0.717, 1.165) is 17.2 Å². The highest BCUT2D eigenvalue weighted by Gasteiger charge is 2.09. The van der Waals surface area contributed by atoms with E-state index in [-0.39, 0.29) is 0 Å². The zero-order valence-electron chi connectivity index (χ0n) is 9.13. The summed E-state index contributed by atoms with van der Waals surface area (Å²) in [5.74, 6) is 0. The Bertz CT molecular complexity index is 457. The molecule has 0 aliphatic heterocycles. The van der Waals surface area contributed by atoms with Crippen molar-refractivity contribution < 1.29 is 0 Å². The van der Waals surface area contributed by atoms with Crippen molar-refractivity contribution in [2.75, 3.05) is 7.05 Å². The van der Waals surface area contributed by atoms with E-state index in [0.29, 0.717) is 0 Å². The van der Waals surface area contributed by atoms with Crippen LogP contribution in [0.2, 0.25) is 0 Å². The van der Waals surface area contributed by atoms with E-state index in [1.165, 1.54) is 15.3 Å². The van der Waals surface area contributed by atoms with Gasteiger partial charge in [-0.1, -0.05) is 0 Å². The van der Waals surface area contributed by atoms with Crippen LogP contribution in [-0.4, -0.2) is 12.0 Å². The smallest absolute Gasteiger partial charge is 0.107 e. The minimum absolute atomic E-state index is 0.854. The topological polar surface area (TPSA) is 24.9 Å². The number of thiazole rings is 1. The van der Waals surface area contributed by atoms with Gasteiger partial charge in [-0.15, -0.1) is 22.7 Å². The van der Waals surface area contributed by atoms with Crippen LogP contribution in [0.15, 0.2) is 11.4 Å². The third-order valence-electron chi connectivity index (χ3n) is 2.20. The third-order valence-corrected chi connectivity index (χ3v) is 4.01. The zero-order chi connectivity index (χ0) is 10.8. The molecule has 0 fully saturated rings. The number of nitrogens with one attached hydrogen (secondary N) is 1. The minimum atomic E-state index is 0.854. The van der Waals surface area contributed by atoms with Crippen LogP contribution in [0.5, 0.6) is 0 Å². The second-order valence-electron chi connectivity index (χ2n) is 3.48. The van der Waals surface area contributed by atoms with E-state index in [2.05, 4.69) is 35.6 Å². The maximum Gasteiger partial charge on any atom is 0.107 e. The summed E-state index contributed by atoms with van der Waals surface area (Å²) in [6.07, 6.45) is 0. The largest absolute Gasteiger partial charge is 0.314 e. The van der Waals surface area contributed by atoms with E-state index < -0.39 is 0 Å². The SMILES string of the molecule is CNCc1nc(-c2cc(C)sc2C)cs1. The number of thiophene rings is 1. The van der Waals surface area contributed by atoms with Crippen LogP contribution >= 0.6 is 22.7 Å². The Balaban J connectivity index is 2.32. The van der Waals surface area contributed by atoms with Gasteiger partial charge in [0.2, 0.25) is 0 Å². The van der Waals surface area contributed by atoms with E-state index >= 15 is 0 Å². The van der Waals surface area contributed by atoms with Gasteiger partial charge in [-0.3, -0.25) is 0 Å². The normalized spacial score (nSPS) is 10.9. The molecule has 2 heterocycles. The van der Waals surface area contributed by atoms with Crippen molar-refractivity contribution in [3.8, 4) is 11.3 Å². The summed E-state index contributed by atoms with van der Waals surface area (Å²) < 4.78 is 0. The Kier molecular flexibility index (Phi) is 3.19. The lowest BCUT2D eigenvalue weighted by molar-refractivity contribution is 0.811. The lowest BCUT2D eigenvalue weighted by Crippen LogP contribution is -2.04. The first-order valence-electron chi connectivity index (χ1n) is 4.87. The van der Waals surface area contributed by atoms with Crippen LogP contribution in [0, 0.1) is 13.8 Å². The molecule has 0 aliphatic carbocycles.